The molecule has 2 fully saturated rings. The number of benzene rings is 1. The summed E-state index contributed by atoms with van der Waals surface area (Å²) < 4.78 is 0. The summed E-state index contributed by atoms with van der Waals surface area (Å²) in [7, 11) is 0. The Hall–Kier alpha value is -1.19. The lowest BCUT2D eigenvalue weighted by molar-refractivity contribution is -0.113. The lowest BCUT2D eigenvalue weighted by Gasteiger charge is -2.29. The number of nitrogens with zero attached hydrogens (tertiary/aromatic N) is 1. The van der Waals surface area contributed by atoms with Gasteiger partial charge in [-0.1, -0.05) is 30.3 Å². The predicted octanol–water partition coefficient (Wildman–Crippen LogP) is 2.17. The van der Waals surface area contributed by atoms with Crippen LogP contribution < -0.4 is 5.73 Å². The molecule has 0 aromatic heterocycles. The van der Waals surface area contributed by atoms with Crippen LogP contribution in [0, 0.1) is 5.92 Å². The van der Waals surface area contributed by atoms with Crippen molar-refractivity contribution in [3.05, 3.63) is 35.9 Å². The Morgan fingerprint density at radius 1 is 1.20 bits per heavy atom. The van der Waals surface area contributed by atoms with E-state index in [4.69, 9.17) is 5.73 Å². The van der Waals surface area contributed by atoms with Gasteiger partial charge in [-0.3, -0.25) is 4.90 Å². The number of rotatable bonds is 4. The molecular weight excluding hydrogens is 248 g/mol. The van der Waals surface area contributed by atoms with Gasteiger partial charge in [0.2, 0.25) is 0 Å². The molecule has 1 aromatic carbocycles. The molecule has 3 unspecified atom stereocenters. The van der Waals surface area contributed by atoms with Crippen molar-refractivity contribution in [2.24, 2.45) is 11.7 Å². The largest absolute Gasteiger partial charge is 0.326 e. The first-order valence-corrected chi connectivity index (χ1v) is 7.78. The van der Waals surface area contributed by atoms with Crippen LogP contribution in [0.2, 0.25) is 0 Å². The molecule has 3 atom stereocenters. The third kappa shape index (κ3) is 3.10. The second-order valence-electron chi connectivity index (χ2n) is 6.36. The van der Waals surface area contributed by atoms with Crippen molar-refractivity contribution in [3.63, 3.8) is 0 Å². The quantitative estimate of drug-likeness (QED) is 0.855. The van der Waals surface area contributed by atoms with E-state index in [0.717, 1.165) is 38.1 Å². The summed E-state index contributed by atoms with van der Waals surface area (Å²) in [5, 5.41) is 0. The molecule has 3 rings (SSSR count). The van der Waals surface area contributed by atoms with Gasteiger partial charge in [0.1, 0.15) is 6.29 Å². The normalized spacial score (nSPS) is 31.8. The molecule has 1 aliphatic carbocycles. The van der Waals surface area contributed by atoms with Gasteiger partial charge in [-0.2, -0.15) is 0 Å². The van der Waals surface area contributed by atoms with E-state index in [2.05, 4.69) is 29.2 Å². The molecule has 0 radical (unpaired) electrons. The van der Waals surface area contributed by atoms with Gasteiger partial charge in [-0.05, 0) is 49.6 Å². The van der Waals surface area contributed by atoms with Crippen LogP contribution in [0.3, 0.4) is 0 Å². The summed E-state index contributed by atoms with van der Waals surface area (Å²) in [6.45, 7) is 2.05. The minimum absolute atomic E-state index is 0.0426. The van der Waals surface area contributed by atoms with Gasteiger partial charge in [0, 0.05) is 12.6 Å². The molecule has 1 saturated heterocycles. The maximum atomic E-state index is 11.5. The van der Waals surface area contributed by atoms with Gasteiger partial charge >= 0.3 is 0 Å². The smallest absolute Gasteiger partial charge is 0.138 e. The Morgan fingerprint density at radius 2 is 1.95 bits per heavy atom. The maximum absolute atomic E-state index is 11.5. The third-order valence-electron chi connectivity index (χ3n) is 4.78. The van der Waals surface area contributed by atoms with Crippen molar-refractivity contribution in [1.82, 2.24) is 4.90 Å². The van der Waals surface area contributed by atoms with Crippen LogP contribution >= 0.6 is 0 Å². The molecule has 20 heavy (non-hydrogen) atoms. The van der Waals surface area contributed by atoms with E-state index in [0.29, 0.717) is 5.92 Å². The summed E-state index contributed by atoms with van der Waals surface area (Å²) in [5.74, 6) is 1.29. The minimum atomic E-state index is -0.0932. The Bertz CT molecular complexity index is 444. The molecule has 0 amide bonds. The number of carbonyl (C=O) groups is 1. The number of aldehydes is 1. The van der Waals surface area contributed by atoms with Crippen LogP contribution in [0.4, 0.5) is 0 Å². The van der Waals surface area contributed by atoms with Gasteiger partial charge in [0.15, 0.2) is 0 Å². The van der Waals surface area contributed by atoms with Crippen molar-refractivity contribution < 1.29 is 4.79 Å². The van der Waals surface area contributed by atoms with Crippen LogP contribution in [-0.2, 0) is 4.79 Å². The minimum Gasteiger partial charge on any atom is -0.326 e. The fourth-order valence-corrected chi connectivity index (χ4v) is 3.39. The van der Waals surface area contributed by atoms with E-state index in [1.807, 2.05) is 6.07 Å². The molecule has 2 aliphatic rings. The van der Waals surface area contributed by atoms with Gasteiger partial charge in [0.25, 0.3) is 0 Å². The highest BCUT2D eigenvalue weighted by molar-refractivity contribution is 5.59. The fourth-order valence-electron chi connectivity index (χ4n) is 3.39. The zero-order chi connectivity index (χ0) is 13.9. The number of nitrogens with two attached hydrogens (primary N) is 1. The van der Waals surface area contributed by atoms with Gasteiger partial charge in [-0.15, -0.1) is 0 Å². The topological polar surface area (TPSA) is 46.3 Å². The van der Waals surface area contributed by atoms with E-state index >= 15 is 0 Å². The molecule has 1 aliphatic heterocycles. The van der Waals surface area contributed by atoms with Crippen LogP contribution in [-0.4, -0.2) is 36.4 Å². The fraction of sp³-hybridized carbons (Fsp3) is 0.588. The molecule has 0 bridgehead atoms. The molecule has 1 aromatic rings. The number of hydrogen-bond donors (Lipinski definition) is 1. The third-order valence-corrected chi connectivity index (χ3v) is 4.78. The Kier molecular flexibility index (Phi) is 4.18. The summed E-state index contributed by atoms with van der Waals surface area (Å²) in [5.41, 5.74) is 7.69. The van der Waals surface area contributed by atoms with E-state index in [-0.39, 0.29) is 12.1 Å². The highest BCUT2D eigenvalue weighted by Crippen LogP contribution is 2.34. The van der Waals surface area contributed by atoms with Crippen molar-refractivity contribution in [2.75, 3.05) is 13.1 Å². The van der Waals surface area contributed by atoms with Crippen LogP contribution in [0.15, 0.2) is 30.3 Å². The van der Waals surface area contributed by atoms with Gasteiger partial charge in [0.05, 0.1) is 6.04 Å². The van der Waals surface area contributed by atoms with Crippen LogP contribution in [0.1, 0.15) is 37.2 Å². The van der Waals surface area contributed by atoms with Crippen molar-refractivity contribution in [1.29, 1.82) is 0 Å². The molecule has 1 saturated carbocycles. The molecule has 3 heteroatoms. The van der Waals surface area contributed by atoms with Crippen molar-refractivity contribution >= 4 is 6.29 Å². The van der Waals surface area contributed by atoms with E-state index < -0.39 is 0 Å². The Labute approximate surface area is 121 Å². The monoisotopic (exact) mass is 272 g/mol. The van der Waals surface area contributed by atoms with E-state index in [1.165, 1.54) is 18.4 Å². The van der Waals surface area contributed by atoms with Crippen LogP contribution in [0.5, 0.6) is 0 Å². The van der Waals surface area contributed by atoms with Crippen molar-refractivity contribution in [3.8, 4) is 0 Å². The maximum Gasteiger partial charge on any atom is 0.138 e. The summed E-state index contributed by atoms with van der Waals surface area (Å²) >= 11 is 0. The van der Waals surface area contributed by atoms with Crippen LogP contribution in [0.25, 0.3) is 0 Å². The predicted molar refractivity (Wildman–Crippen MR) is 80.5 cm³/mol. The van der Waals surface area contributed by atoms with Crippen molar-refractivity contribution in [2.45, 2.75) is 43.7 Å². The van der Waals surface area contributed by atoms with Gasteiger partial charge < -0.3 is 10.5 Å². The first-order chi connectivity index (χ1) is 9.78. The molecule has 1 heterocycles. The molecule has 2 N–H and O–H groups in total. The first-order valence-electron chi connectivity index (χ1n) is 7.78. The molecule has 108 valence electrons. The summed E-state index contributed by atoms with van der Waals surface area (Å²) in [6.07, 6.45) is 5.72. The average Bonchev–Trinajstić information content (AvgIpc) is 3.29. The molecular formula is C17H24N2O. The second kappa shape index (κ2) is 6.06. The lowest BCUT2D eigenvalue weighted by Crippen LogP contribution is -2.48. The zero-order valence-corrected chi connectivity index (χ0v) is 11.9. The molecule has 3 nitrogen and oxygen atoms in total. The summed E-state index contributed by atoms with van der Waals surface area (Å²) in [4.78, 5) is 13.8. The Morgan fingerprint density at radius 3 is 2.60 bits per heavy atom. The SMILES string of the molecule is NC1CC(c2ccccc2)CCN(CC2CC2)C1C=O. The lowest BCUT2D eigenvalue weighted by atomic mass is 9.89. The number of likely N-dealkylation sites (tertiary alicyclic amines) is 1. The van der Waals surface area contributed by atoms with Gasteiger partial charge in [-0.25, -0.2) is 0 Å². The summed E-state index contributed by atoms with van der Waals surface area (Å²) in [6, 6.07) is 10.5. The van der Waals surface area contributed by atoms with E-state index in [1.54, 1.807) is 0 Å². The average molecular weight is 272 g/mol. The first kappa shape index (κ1) is 13.8. The number of carbonyl (C=O) groups excluding carboxylic acids is 1. The number of hydrogen-bond acceptors (Lipinski definition) is 3. The highest BCUT2D eigenvalue weighted by Gasteiger charge is 2.34. The zero-order valence-electron chi connectivity index (χ0n) is 11.9. The Balaban J connectivity index is 1.73. The second-order valence-corrected chi connectivity index (χ2v) is 6.36. The highest BCUT2D eigenvalue weighted by atomic mass is 16.1. The molecule has 0 spiro atoms. The standard InChI is InChI=1S/C17H24N2O/c18-16-10-15(14-4-2-1-3-5-14)8-9-19(17(16)12-20)11-13-6-7-13/h1-5,12-13,15-17H,6-11,18H2. The van der Waals surface area contributed by atoms with E-state index in [9.17, 15) is 4.79 Å².